The predicted octanol–water partition coefficient (Wildman–Crippen LogP) is 2.97. The molecule has 0 spiro atoms. The molecule has 0 amide bonds. The van der Waals surface area contributed by atoms with Crippen molar-refractivity contribution in [3.63, 3.8) is 0 Å². The second kappa shape index (κ2) is 9.23. The van der Waals surface area contributed by atoms with E-state index in [0.29, 0.717) is 6.04 Å². The number of nitrogens with two attached hydrogens (primary N) is 1. The van der Waals surface area contributed by atoms with E-state index in [1.807, 2.05) is 11.8 Å². The highest BCUT2D eigenvalue weighted by Crippen LogP contribution is 2.22. The fourth-order valence-corrected chi connectivity index (χ4v) is 3.50. The summed E-state index contributed by atoms with van der Waals surface area (Å²) < 4.78 is 0. The first-order valence-electron chi connectivity index (χ1n) is 7.33. The number of likely N-dealkylation sites (tertiary alicyclic amines) is 1. The maximum absolute atomic E-state index is 5.95. The van der Waals surface area contributed by atoms with Gasteiger partial charge in [0.15, 0.2) is 0 Å². The van der Waals surface area contributed by atoms with Crippen molar-refractivity contribution >= 4 is 11.8 Å². The molecule has 3 heteroatoms. The standard InChI is InChI=1S/C14H30N2S/c1-3-13-6-5-9-16(10-7-13)14(12-15)8-11-17-4-2/h13-14H,3-12,15H2,1-2H3. The first kappa shape index (κ1) is 15.3. The predicted molar refractivity (Wildman–Crippen MR) is 79.7 cm³/mol. The zero-order chi connectivity index (χ0) is 12.5. The molecule has 0 radical (unpaired) electrons. The van der Waals surface area contributed by atoms with Gasteiger partial charge in [-0.3, -0.25) is 4.90 Å². The second-order valence-electron chi connectivity index (χ2n) is 5.12. The molecule has 0 aromatic rings. The van der Waals surface area contributed by atoms with Crippen LogP contribution in [0.1, 0.15) is 46.0 Å². The van der Waals surface area contributed by atoms with Crippen molar-refractivity contribution in [3.05, 3.63) is 0 Å². The summed E-state index contributed by atoms with van der Waals surface area (Å²) >= 11 is 2.04. The second-order valence-corrected chi connectivity index (χ2v) is 6.51. The van der Waals surface area contributed by atoms with Gasteiger partial charge in [-0.25, -0.2) is 0 Å². The van der Waals surface area contributed by atoms with Gasteiger partial charge in [0.1, 0.15) is 0 Å². The SMILES string of the molecule is CCSCCC(CN)N1CCCC(CC)CC1. The summed E-state index contributed by atoms with van der Waals surface area (Å²) in [5.41, 5.74) is 5.95. The van der Waals surface area contributed by atoms with E-state index in [1.165, 1.54) is 56.7 Å². The molecule has 0 aromatic carbocycles. The van der Waals surface area contributed by atoms with Gasteiger partial charge in [-0.1, -0.05) is 20.3 Å². The third kappa shape index (κ3) is 5.62. The highest BCUT2D eigenvalue weighted by atomic mass is 32.2. The average molecular weight is 258 g/mol. The van der Waals surface area contributed by atoms with E-state index in [0.717, 1.165) is 12.5 Å². The average Bonchev–Trinajstić information content (AvgIpc) is 2.60. The van der Waals surface area contributed by atoms with E-state index in [9.17, 15) is 0 Å². The number of rotatable bonds is 7. The third-order valence-corrected chi connectivity index (χ3v) is 4.98. The van der Waals surface area contributed by atoms with E-state index < -0.39 is 0 Å². The van der Waals surface area contributed by atoms with Crippen molar-refractivity contribution in [3.8, 4) is 0 Å². The Labute approximate surface area is 112 Å². The van der Waals surface area contributed by atoms with E-state index in [2.05, 4.69) is 18.7 Å². The minimum absolute atomic E-state index is 0.629. The van der Waals surface area contributed by atoms with Crippen LogP contribution in [-0.4, -0.2) is 42.1 Å². The van der Waals surface area contributed by atoms with Crippen LogP contribution in [0.2, 0.25) is 0 Å². The fourth-order valence-electron chi connectivity index (χ4n) is 2.77. The molecule has 2 atom stereocenters. The van der Waals surface area contributed by atoms with Crippen LogP contribution in [0.4, 0.5) is 0 Å². The molecule has 17 heavy (non-hydrogen) atoms. The number of hydrogen-bond donors (Lipinski definition) is 1. The van der Waals surface area contributed by atoms with Crippen molar-refractivity contribution in [1.29, 1.82) is 0 Å². The first-order chi connectivity index (χ1) is 8.31. The molecule has 0 saturated carbocycles. The molecule has 1 aliphatic heterocycles. The summed E-state index contributed by atoms with van der Waals surface area (Å²) in [5, 5.41) is 0. The van der Waals surface area contributed by atoms with Crippen LogP contribution >= 0.6 is 11.8 Å². The van der Waals surface area contributed by atoms with Crippen LogP contribution in [0.3, 0.4) is 0 Å². The molecule has 1 saturated heterocycles. The lowest BCUT2D eigenvalue weighted by Crippen LogP contribution is -2.41. The molecule has 1 heterocycles. The Balaban J connectivity index is 2.34. The van der Waals surface area contributed by atoms with Gasteiger partial charge in [-0.15, -0.1) is 0 Å². The van der Waals surface area contributed by atoms with Gasteiger partial charge in [0, 0.05) is 12.6 Å². The molecule has 2 N–H and O–H groups in total. The Morgan fingerprint density at radius 3 is 2.76 bits per heavy atom. The topological polar surface area (TPSA) is 29.3 Å². The maximum Gasteiger partial charge on any atom is 0.0226 e. The number of nitrogens with zero attached hydrogens (tertiary/aromatic N) is 1. The smallest absolute Gasteiger partial charge is 0.0226 e. The molecule has 1 rings (SSSR count). The fraction of sp³-hybridized carbons (Fsp3) is 1.00. The van der Waals surface area contributed by atoms with Gasteiger partial charge in [-0.2, -0.15) is 11.8 Å². The number of thioether (sulfide) groups is 1. The lowest BCUT2D eigenvalue weighted by Gasteiger charge is -2.29. The summed E-state index contributed by atoms with van der Waals surface area (Å²) in [7, 11) is 0. The molecule has 1 aliphatic rings. The molecule has 0 aromatic heterocycles. The van der Waals surface area contributed by atoms with Crippen molar-refractivity contribution in [2.45, 2.75) is 52.0 Å². The summed E-state index contributed by atoms with van der Waals surface area (Å²) in [6.07, 6.45) is 6.80. The van der Waals surface area contributed by atoms with Crippen molar-refractivity contribution in [1.82, 2.24) is 4.90 Å². The van der Waals surface area contributed by atoms with Gasteiger partial charge in [-0.05, 0) is 56.2 Å². The Morgan fingerprint density at radius 2 is 2.12 bits per heavy atom. The largest absolute Gasteiger partial charge is 0.329 e. The summed E-state index contributed by atoms with van der Waals surface area (Å²) in [4.78, 5) is 2.66. The molecule has 102 valence electrons. The van der Waals surface area contributed by atoms with E-state index in [1.54, 1.807) is 0 Å². The van der Waals surface area contributed by atoms with E-state index in [4.69, 9.17) is 5.73 Å². The van der Waals surface area contributed by atoms with E-state index in [-0.39, 0.29) is 0 Å². The van der Waals surface area contributed by atoms with Crippen molar-refractivity contribution in [2.75, 3.05) is 31.1 Å². The molecule has 2 nitrogen and oxygen atoms in total. The first-order valence-corrected chi connectivity index (χ1v) is 8.49. The summed E-state index contributed by atoms with van der Waals surface area (Å²) in [5.74, 6) is 3.46. The van der Waals surface area contributed by atoms with Crippen LogP contribution in [-0.2, 0) is 0 Å². The van der Waals surface area contributed by atoms with Crippen molar-refractivity contribution in [2.24, 2.45) is 11.7 Å². The van der Waals surface area contributed by atoms with E-state index >= 15 is 0 Å². The minimum atomic E-state index is 0.629. The van der Waals surface area contributed by atoms with Crippen LogP contribution in [0.25, 0.3) is 0 Å². The molecular formula is C14H30N2S. The van der Waals surface area contributed by atoms with Crippen LogP contribution in [0.15, 0.2) is 0 Å². The van der Waals surface area contributed by atoms with Gasteiger partial charge in [0.05, 0.1) is 0 Å². The third-order valence-electron chi connectivity index (χ3n) is 4.05. The van der Waals surface area contributed by atoms with Crippen LogP contribution in [0, 0.1) is 5.92 Å². The Morgan fingerprint density at radius 1 is 1.29 bits per heavy atom. The molecular weight excluding hydrogens is 228 g/mol. The summed E-state index contributed by atoms with van der Waals surface area (Å²) in [6, 6.07) is 0.629. The minimum Gasteiger partial charge on any atom is -0.329 e. The quantitative estimate of drug-likeness (QED) is 0.712. The van der Waals surface area contributed by atoms with Gasteiger partial charge in [0.2, 0.25) is 0 Å². The number of hydrogen-bond acceptors (Lipinski definition) is 3. The maximum atomic E-state index is 5.95. The molecule has 1 fully saturated rings. The Bertz CT molecular complexity index is 187. The molecule has 0 bridgehead atoms. The Hall–Kier alpha value is 0.270. The zero-order valence-electron chi connectivity index (χ0n) is 11.7. The van der Waals surface area contributed by atoms with Crippen LogP contribution < -0.4 is 5.73 Å². The highest BCUT2D eigenvalue weighted by molar-refractivity contribution is 7.99. The molecule has 2 unspecified atom stereocenters. The zero-order valence-corrected chi connectivity index (χ0v) is 12.5. The van der Waals surface area contributed by atoms with Gasteiger partial charge in [0.25, 0.3) is 0 Å². The summed E-state index contributed by atoms with van der Waals surface area (Å²) in [6.45, 7) is 7.95. The van der Waals surface area contributed by atoms with Gasteiger partial charge < -0.3 is 5.73 Å². The molecule has 0 aliphatic carbocycles. The van der Waals surface area contributed by atoms with Gasteiger partial charge >= 0.3 is 0 Å². The van der Waals surface area contributed by atoms with Crippen LogP contribution in [0.5, 0.6) is 0 Å². The lowest BCUT2D eigenvalue weighted by molar-refractivity contribution is 0.201. The Kier molecular flexibility index (Phi) is 8.33. The van der Waals surface area contributed by atoms with Crippen molar-refractivity contribution < 1.29 is 0 Å². The highest BCUT2D eigenvalue weighted by Gasteiger charge is 2.21. The normalized spacial score (nSPS) is 24.5. The lowest BCUT2D eigenvalue weighted by atomic mass is 9.98. The monoisotopic (exact) mass is 258 g/mol.